The van der Waals surface area contributed by atoms with Gasteiger partial charge in [0.1, 0.15) is 0 Å². The number of ether oxygens (including phenoxy) is 2. The number of amides is 2. The fourth-order valence-electron chi connectivity index (χ4n) is 4.47. The number of piperidine rings is 1. The molecule has 160 valence electrons. The van der Waals surface area contributed by atoms with Crippen molar-refractivity contribution in [3.05, 3.63) is 18.5 Å². The predicted molar refractivity (Wildman–Crippen MR) is 109 cm³/mol. The quantitative estimate of drug-likeness (QED) is 0.713. The van der Waals surface area contributed by atoms with Crippen LogP contribution in [0.4, 0.5) is 10.7 Å². The minimum atomic E-state index is -0.0726. The summed E-state index contributed by atoms with van der Waals surface area (Å²) < 4.78 is 11.1. The summed E-state index contributed by atoms with van der Waals surface area (Å²) in [7, 11) is 0. The van der Waals surface area contributed by atoms with Crippen molar-refractivity contribution in [2.45, 2.75) is 31.3 Å². The van der Waals surface area contributed by atoms with Gasteiger partial charge >= 0.3 is 6.03 Å². The lowest BCUT2D eigenvalue weighted by Gasteiger charge is -2.37. The van der Waals surface area contributed by atoms with Crippen molar-refractivity contribution in [2.75, 3.05) is 64.1 Å². The van der Waals surface area contributed by atoms with E-state index in [0.717, 1.165) is 77.8 Å². The first-order chi connectivity index (χ1) is 14.3. The van der Waals surface area contributed by atoms with Gasteiger partial charge in [-0.15, -0.1) is 0 Å². The van der Waals surface area contributed by atoms with Crippen LogP contribution in [0.2, 0.25) is 0 Å². The van der Waals surface area contributed by atoms with Crippen LogP contribution in [0.3, 0.4) is 0 Å². The van der Waals surface area contributed by atoms with Gasteiger partial charge < -0.3 is 25.0 Å². The van der Waals surface area contributed by atoms with Gasteiger partial charge in [0, 0.05) is 69.7 Å². The van der Waals surface area contributed by atoms with Gasteiger partial charge in [-0.05, 0) is 25.3 Å². The zero-order chi connectivity index (χ0) is 19.9. The molecule has 1 aromatic rings. The van der Waals surface area contributed by atoms with Gasteiger partial charge in [-0.2, -0.15) is 0 Å². The molecule has 0 saturated carbocycles. The second-order valence-electron chi connectivity index (χ2n) is 8.00. The average Bonchev–Trinajstić information content (AvgIpc) is 3.30. The minimum Gasteiger partial charge on any atom is -0.381 e. The van der Waals surface area contributed by atoms with Crippen LogP contribution in [0.15, 0.2) is 18.5 Å². The molecule has 4 rings (SSSR count). The monoisotopic (exact) mass is 404 g/mol. The predicted octanol–water partition coefficient (Wildman–Crippen LogP) is 0.482. The summed E-state index contributed by atoms with van der Waals surface area (Å²) in [6.07, 6.45) is 6.39. The zero-order valence-corrected chi connectivity index (χ0v) is 17.0. The maximum absolute atomic E-state index is 12.5. The topological polar surface area (TPSA) is 91.8 Å². The van der Waals surface area contributed by atoms with E-state index in [-0.39, 0.29) is 12.1 Å². The molecule has 0 bridgehead atoms. The van der Waals surface area contributed by atoms with Gasteiger partial charge in [0.25, 0.3) is 0 Å². The SMILES string of the molecule is O=C(NCC(C1CCOC1)N1CCOCC1)NC1CCN(c2ncccn2)CC1. The van der Waals surface area contributed by atoms with Crippen LogP contribution in [0.25, 0.3) is 0 Å². The Labute approximate surface area is 172 Å². The molecule has 3 saturated heterocycles. The van der Waals surface area contributed by atoms with Crippen molar-refractivity contribution in [1.82, 2.24) is 25.5 Å². The third kappa shape index (κ3) is 5.55. The van der Waals surface area contributed by atoms with E-state index < -0.39 is 0 Å². The Morgan fingerprint density at radius 1 is 1.07 bits per heavy atom. The van der Waals surface area contributed by atoms with E-state index in [1.54, 1.807) is 12.4 Å². The van der Waals surface area contributed by atoms with E-state index in [1.807, 2.05) is 6.07 Å². The molecule has 3 aliphatic rings. The van der Waals surface area contributed by atoms with E-state index in [9.17, 15) is 4.79 Å². The molecule has 9 nitrogen and oxygen atoms in total. The summed E-state index contributed by atoms with van der Waals surface area (Å²) in [5.41, 5.74) is 0. The molecular weight excluding hydrogens is 372 g/mol. The maximum atomic E-state index is 12.5. The first kappa shape index (κ1) is 20.3. The third-order valence-corrected chi connectivity index (χ3v) is 6.16. The number of carbonyl (C=O) groups is 1. The van der Waals surface area contributed by atoms with Crippen LogP contribution in [0.1, 0.15) is 19.3 Å². The van der Waals surface area contributed by atoms with Crippen LogP contribution in [-0.4, -0.2) is 92.1 Å². The van der Waals surface area contributed by atoms with Crippen molar-refractivity contribution < 1.29 is 14.3 Å². The Kier molecular flexibility index (Phi) is 7.13. The molecular formula is C20H32N6O3. The second kappa shape index (κ2) is 10.2. The van der Waals surface area contributed by atoms with Gasteiger partial charge in [0.2, 0.25) is 5.95 Å². The van der Waals surface area contributed by atoms with Gasteiger partial charge in [-0.1, -0.05) is 0 Å². The highest BCUT2D eigenvalue weighted by atomic mass is 16.5. The van der Waals surface area contributed by atoms with Gasteiger partial charge in [-0.25, -0.2) is 14.8 Å². The number of rotatable bonds is 6. The molecule has 3 fully saturated rings. The minimum absolute atomic E-state index is 0.0726. The molecule has 4 heterocycles. The van der Waals surface area contributed by atoms with Gasteiger partial charge in [0.15, 0.2) is 0 Å². The van der Waals surface area contributed by atoms with Crippen LogP contribution in [0.5, 0.6) is 0 Å². The number of hydrogen-bond acceptors (Lipinski definition) is 7. The van der Waals surface area contributed by atoms with E-state index in [0.29, 0.717) is 18.5 Å². The highest BCUT2D eigenvalue weighted by Crippen LogP contribution is 2.22. The number of nitrogens with zero attached hydrogens (tertiary/aromatic N) is 4. The standard InChI is InChI=1S/C20H32N6O3/c27-20(24-17-2-7-26(8-3-17)19-21-5-1-6-22-19)23-14-18(16-4-11-29-15-16)25-9-12-28-13-10-25/h1,5-6,16-18H,2-4,7-15H2,(H2,23,24,27). The van der Waals surface area contributed by atoms with Crippen molar-refractivity contribution in [3.8, 4) is 0 Å². The zero-order valence-electron chi connectivity index (χ0n) is 17.0. The molecule has 2 unspecified atom stereocenters. The van der Waals surface area contributed by atoms with Crippen LogP contribution in [-0.2, 0) is 9.47 Å². The molecule has 0 radical (unpaired) electrons. The van der Waals surface area contributed by atoms with E-state index in [2.05, 4.69) is 30.4 Å². The Morgan fingerprint density at radius 3 is 2.52 bits per heavy atom. The fourth-order valence-corrected chi connectivity index (χ4v) is 4.47. The Morgan fingerprint density at radius 2 is 1.83 bits per heavy atom. The lowest BCUT2D eigenvalue weighted by Crippen LogP contribution is -2.54. The molecule has 0 spiro atoms. The maximum Gasteiger partial charge on any atom is 0.315 e. The van der Waals surface area contributed by atoms with E-state index in [1.165, 1.54) is 0 Å². The third-order valence-electron chi connectivity index (χ3n) is 6.16. The molecule has 9 heteroatoms. The number of morpholine rings is 1. The van der Waals surface area contributed by atoms with Crippen LogP contribution < -0.4 is 15.5 Å². The molecule has 0 aromatic carbocycles. The second-order valence-corrected chi connectivity index (χ2v) is 8.00. The lowest BCUT2D eigenvalue weighted by atomic mass is 9.97. The summed E-state index contributed by atoms with van der Waals surface area (Å²) in [6.45, 7) is 7.33. The number of nitrogens with one attached hydrogen (secondary N) is 2. The number of anilines is 1. The summed E-state index contributed by atoms with van der Waals surface area (Å²) in [4.78, 5) is 25.8. The molecule has 1 aromatic heterocycles. The largest absolute Gasteiger partial charge is 0.381 e. The highest BCUT2D eigenvalue weighted by Gasteiger charge is 2.32. The summed E-state index contributed by atoms with van der Waals surface area (Å²) in [5.74, 6) is 1.24. The number of hydrogen-bond donors (Lipinski definition) is 2. The van der Waals surface area contributed by atoms with Gasteiger partial charge in [-0.3, -0.25) is 4.90 Å². The Hall–Kier alpha value is -1.97. The smallest absolute Gasteiger partial charge is 0.315 e. The first-order valence-electron chi connectivity index (χ1n) is 10.8. The summed E-state index contributed by atoms with van der Waals surface area (Å²) in [6, 6.07) is 2.25. The molecule has 3 aliphatic heterocycles. The molecule has 2 atom stereocenters. The molecule has 0 aliphatic carbocycles. The van der Waals surface area contributed by atoms with Crippen molar-refractivity contribution in [1.29, 1.82) is 0 Å². The summed E-state index contributed by atoms with van der Waals surface area (Å²) >= 11 is 0. The number of aromatic nitrogens is 2. The van der Waals surface area contributed by atoms with E-state index >= 15 is 0 Å². The normalized spacial score (nSPS) is 25.0. The number of urea groups is 1. The molecule has 2 N–H and O–H groups in total. The van der Waals surface area contributed by atoms with Crippen molar-refractivity contribution >= 4 is 12.0 Å². The lowest BCUT2D eigenvalue weighted by molar-refractivity contribution is 0.00210. The molecule has 29 heavy (non-hydrogen) atoms. The van der Waals surface area contributed by atoms with Gasteiger partial charge in [0.05, 0.1) is 19.8 Å². The average molecular weight is 405 g/mol. The van der Waals surface area contributed by atoms with Crippen molar-refractivity contribution in [2.24, 2.45) is 5.92 Å². The Bertz CT molecular complexity index is 628. The van der Waals surface area contributed by atoms with Crippen molar-refractivity contribution in [3.63, 3.8) is 0 Å². The van der Waals surface area contributed by atoms with Crippen LogP contribution in [0, 0.1) is 5.92 Å². The molecule has 2 amide bonds. The fraction of sp³-hybridized carbons (Fsp3) is 0.750. The Balaban J connectivity index is 1.22. The van der Waals surface area contributed by atoms with Crippen LogP contribution >= 0.6 is 0 Å². The number of carbonyl (C=O) groups excluding carboxylic acids is 1. The summed E-state index contributed by atoms with van der Waals surface area (Å²) in [5, 5.41) is 6.27. The highest BCUT2D eigenvalue weighted by molar-refractivity contribution is 5.74. The first-order valence-corrected chi connectivity index (χ1v) is 10.8. The van der Waals surface area contributed by atoms with E-state index in [4.69, 9.17) is 9.47 Å².